The van der Waals surface area contributed by atoms with Crippen LogP contribution in [0.25, 0.3) is 0 Å². The van der Waals surface area contributed by atoms with E-state index in [0.717, 1.165) is 17.3 Å². The molecule has 108 valence electrons. The zero-order chi connectivity index (χ0) is 14.4. The summed E-state index contributed by atoms with van der Waals surface area (Å²) in [5.41, 5.74) is 5.97. The minimum atomic E-state index is -0.425. The number of nitrogens with zero attached hydrogens (tertiary/aromatic N) is 1. The van der Waals surface area contributed by atoms with Crippen LogP contribution in [0.4, 0.5) is 0 Å². The second kappa shape index (κ2) is 7.60. The minimum absolute atomic E-state index is 0.00176. The maximum absolute atomic E-state index is 12.4. The predicted molar refractivity (Wildman–Crippen MR) is 80.1 cm³/mol. The number of thioether (sulfide) groups is 1. The summed E-state index contributed by atoms with van der Waals surface area (Å²) in [4.78, 5) is 14.1. The van der Waals surface area contributed by atoms with Crippen LogP contribution in [0, 0.1) is 6.92 Å². The monoisotopic (exact) mass is 284 g/mol. The van der Waals surface area contributed by atoms with E-state index in [-0.39, 0.29) is 11.9 Å². The third kappa shape index (κ3) is 4.91. The second-order valence-electron chi connectivity index (χ2n) is 4.96. The topological polar surface area (TPSA) is 59.5 Å². The maximum Gasteiger partial charge on any atom is 0.240 e. The van der Waals surface area contributed by atoms with Crippen LogP contribution in [0.5, 0.6) is 0 Å². The lowest BCUT2D eigenvalue weighted by molar-refractivity contribution is -0.135. The Balaban J connectivity index is 2.68. The highest BCUT2D eigenvalue weighted by Crippen LogP contribution is 2.14. The van der Waals surface area contributed by atoms with Gasteiger partial charge in [-0.1, -0.05) is 0 Å². The molecule has 1 atom stereocenters. The van der Waals surface area contributed by atoms with Crippen molar-refractivity contribution in [1.82, 2.24) is 4.90 Å². The van der Waals surface area contributed by atoms with Crippen LogP contribution >= 0.6 is 11.8 Å². The zero-order valence-electron chi connectivity index (χ0n) is 12.2. The fraction of sp³-hybridized carbons (Fsp3) is 0.643. The van der Waals surface area contributed by atoms with Crippen LogP contribution in [0.3, 0.4) is 0 Å². The van der Waals surface area contributed by atoms with Gasteiger partial charge in [0.1, 0.15) is 11.5 Å². The van der Waals surface area contributed by atoms with Gasteiger partial charge in [-0.05, 0) is 51.3 Å². The van der Waals surface area contributed by atoms with Gasteiger partial charge < -0.3 is 15.1 Å². The molecule has 0 bridgehead atoms. The van der Waals surface area contributed by atoms with Crippen molar-refractivity contribution in [1.29, 1.82) is 0 Å². The van der Waals surface area contributed by atoms with Gasteiger partial charge in [0.05, 0.1) is 12.6 Å². The van der Waals surface area contributed by atoms with Gasteiger partial charge >= 0.3 is 0 Å². The van der Waals surface area contributed by atoms with Gasteiger partial charge in [0.2, 0.25) is 5.91 Å². The highest BCUT2D eigenvalue weighted by atomic mass is 32.2. The number of hydrogen-bond donors (Lipinski definition) is 1. The fourth-order valence-electron chi connectivity index (χ4n) is 1.83. The van der Waals surface area contributed by atoms with Crippen LogP contribution in [0.15, 0.2) is 16.5 Å². The van der Waals surface area contributed by atoms with Gasteiger partial charge in [-0.3, -0.25) is 4.79 Å². The first-order valence-corrected chi connectivity index (χ1v) is 7.95. The number of rotatable bonds is 7. The van der Waals surface area contributed by atoms with Crippen LogP contribution in [0.1, 0.15) is 31.8 Å². The summed E-state index contributed by atoms with van der Waals surface area (Å²) in [6, 6.07) is 3.50. The van der Waals surface area contributed by atoms with Gasteiger partial charge in [-0.15, -0.1) is 0 Å². The van der Waals surface area contributed by atoms with E-state index in [1.165, 1.54) is 0 Å². The first kappa shape index (κ1) is 16.1. The van der Waals surface area contributed by atoms with E-state index in [9.17, 15) is 4.79 Å². The summed E-state index contributed by atoms with van der Waals surface area (Å²) in [6.45, 7) is 6.37. The molecule has 0 aromatic carbocycles. The Kier molecular flexibility index (Phi) is 6.45. The normalized spacial score (nSPS) is 12.7. The molecule has 0 radical (unpaired) electrons. The summed E-state index contributed by atoms with van der Waals surface area (Å²) >= 11 is 1.71. The van der Waals surface area contributed by atoms with E-state index in [1.807, 2.05) is 39.2 Å². The summed E-state index contributed by atoms with van der Waals surface area (Å²) in [7, 11) is 0. The molecule has 1 rings (SSSR count). The van der Waals surface area contributed by atoms with Gasteiger partial charge in [0.25, 0.3) is 0 Å². The van der Waals surface area contributed by atoms with Gasteiger partial charge in [0, 0.05) is 6.04 Å². The molecule has 1 aromatic heterocycles. The zero-order valence-corrected chi connectivity index (χ0v) is 13.0. The van der Waals surface area contributed by atoms with Crippen LogP contribution in [0.2, 0.25) is 0 Å². The Morgan fingerprint density at radius 2 is 2.16 bits per heavy atom. The maximum atomic E-state index is 12.4. The summed E-state index contributed by atoms with van der Waals surface area (Å²) in [5.74, 6) is 2.56. The third-order valence-corrected chi connectivity index (χ3v) is 3.62. The number of aryl methyl sites for hydroxylation is 1. The van der Waals surface area contributed by atoms with Crippen LogP contribution < -0.4 is 5.73 Å². The average Bonchev–Trinajstić information content (AvgIpc) is 2.77. The van der Waals surface area contributed by atoms with E-state index in [2.05, 4.69) is 0 Å². The molecule has 5 heteroatoms. The van der Waals surface area contributed by atoms with Crippen molar-refractivity contribution in [2.24, 2.45) is 5.73 Å². The van der Waals surface area contributed by atoms with E-state index in [4.69, 9.17) is 10.2 Å². The molecule has 0 saturated heterocycles. The van der Waals surface area contributed by atoms with Crippen LogP contribution in [-0.2, 0) is 11.3 Å². The first-order chi connectivity index (χ1) is 8.95. The lowest BCUT2D eigenvalue weighted by Gasteiger charge is -2.28. The number of furan rings is 1. The van der Waals surface area contributed by atoms with Gasteiger partial charge in [0.15, 0.2) is 0 Å². The SMILES string of the molecule is CSCC[C@H](N)C(=O)N(Cc1ccc(C)o1)C(C)C. The lowest BCUT2D eigenvalue weighted by Crippen LogP contribution is -2.46. The number of nitrogens with two attached hydrogens (primary N) is 1. The van der Waals surface area contributed by atoms with Gasteiger partial charge in [-0.2, -0.15) is 11.8 Å². The van der Waals surface area contributed by atoms with Gasteiger partial charge in [-0.25, -0.2) is 0 Å². The molecule has 0 spiro atoms. The molecule has 0 aliphatic rings. The molecule has 0 unspecified atom stereocenters. The van der Waals surface area contributed by atoms with Crippen molar-refractivity contribution < 1.29 is 9.21 Å². The molecule has 0 saturated carbocycles. The smallest absolute Gasteiger partial charge is 0.240 e. The van der Waals surface area contributed by atoms with Crippen LogP contribution in [-0.4, -0.2) is 34.9 Å². The summed E-state index contributed by atoms with van der Waals surface area (Å²) in [5, 5.41) is 0. The number of hydrogen-bond acceptors (Lipinski definition) is 4. The Morgan fingerprint density at radius 1 is 1.47 bits per heavy atom. The first-order valence-electron chi connectivity index (χ1n) is 6.56. The average molecular weight is 284 g/mol. The molecular formula is C14H24N2O2S. The van der Waals surface area contributed by atoms with E-state index in [0.29, 0.717) is 13.0 Å². The number of carbonyl (C=O) groups excluding carboxylic acids is 1. The Morgan fingerprint density at radius 3 is 2.63 bits per heavy atom. The minimum Gasteiger partial charge on any atom is -0.464 e. The molecule has 2 N–H and O–H groups in total. The molecule has 19 heavy (non-hydrogen) atoms. The Hall–Kier alpha value is -0.940. The van der Waals surface area contributed by atoms with Crippen molar-refractivity contribution in [2.45, 2.75) is 45.8 Å². The molecule has 4 nitrogen and oxygen atoms in total. The highest BCUT2D eigenvalue weighted by Gasteiger charge is 2.23. The molecule has 0 aliphatic heterocycles. The molecule has 1 heterocycles. The predicted octanol–water partition coefficient (Wildman–Crippen LogP) is 2.41. The molecule has 0 aliphatic carbocycles. The van der Waals surface area contributed by atoms with E-state index >= 15 is 0 Å². The van der Waals surface area contributed by atoms with Crippen molar-refractivity contribution in [3.8, 4) is 0 Å². The molecular weight excluding hydrogens is 260 g/mol. The Bertz CT molecular complexity index is 404. The summed E-state index contributed by atoms with van der Waals surface area (Å²) < 4.78 is 5.54. The lowest BCUT2D eigenvalue weighted by atomic mass is 10.1. The second-order valence-corrected chi connectivity index (χ2v) is 5.95. The molecule has 0 fully saturated rings. The standard InChI is InChI=1S/C14H24N2O2S/c1-10(2)16(9-12-6-5-11(3)18-12)14(17)13(15)7-8-19-4/h5-6,10,13H,7-9,15H2,1-4H3/t13-/m0/s1. The molecule has 1 aromatic rings. The largest absolute Gasteiger partial charge is 0.464 e. The van der Waals surface area contributed by atoms with Crippen molar-refractivity contribution >= 4 is 17.7 Å². The highest BCUT2D eigenvalue weighted by molar-refractivity contribution is 7.98. The van der Waals surface area contributed by atoms with Crippen molar-refractivity contribution in [2.75, 3.05) is 12.0 Å². The Labute approximate surface area is 119 Å². The van der Waals surface area contributed by atoms with E-state index in [1.54, 1.807) is 16.7 Å². The van der Waals surface area contributed by atoms with Crippen molar-refractivity contribution in [3.05, 3.63) is 23.7 Å². The number of amides is 1. The number of carbonyl (C=O) groups is 1. The van der Waals surface area contributed by atoms with E-state index < -0.39 is 6.04 Å². The fourth-order valence-corrected chi connectivity index (χ4v) is 2.32. The summed E-state index contributed by atoms with van der Waals surface area (Å²) in [6.07, 6.45) is 2.73. The quantitative estimate of drug-likeness (QED) is 0.835. The third-order valence-electron chi connectivity index (χ3n) is 2.98. The molecule has 1 amide bonds. The van der Waals surface area contributed by atoms with Crippen molar-refractivity contribution in [3.63, 3.8) is 0 Å².